The maximum Gasteiger partial charge on any atom is 0.408 e. The van der Waals surface area contributed by atoms with Crippen LogP contribution < -0.4 is 20.8 Å². The number of alkyl carbamates (subject to hydrolysis) is 1. The molecule has 2 aromatic carbocycles. The summed E-state index contributed by atoms with van der Waals surface area (Å²) in [7, 11) is 0. The van der Waals surface area contributed by atoms with Gasteiger partial charge in [-0.2, -0.15) is 5.10 Å². The van der Waals surface area contributed by atoms with Crippen molar-refractivity contribution in [1.29, 1.82) is 0 Å². The van der Waals surface area contributed by atoms with Crippen LogP contribution in [-0.2, 0) is 27.3 Å². The predicted octanol–water partition coefficient (Wildman–Crippen LogP) is 3.17. The van der Waals surface area contributed by atoms with Gasteiger partial charge in [-0.3, -0.25) is 0 Å². The van der Waals surface area contributed by atoms with Crippen molar-refractivity contribution in [3.05, 3.63) is 65.7 Å². The molecule has 0 aliphatic carbocycles. The van der Waals surface area contributed by atoms with Gasteiger partial charge in [-0.15, -0.1) is 0 Å². The number of hydrogen-bond donors (Lipinski definition) is 3. The standard InChI is InChI=1S/C27H35N5O5/c1-3-35-25(33)24(30-27(34)37-19-22-7-5-4-6-8-22)15-18-36-23-13-11-21(12-14-23)10-9-20(2)31-32-26-28-16-17-29-26/h4-8,11-14,24H,3,9-10,15-19H2,1-2H3,(H,30,34)(H2,28,29,32)/b31-20-. The van der Waals surface area contributed by atoms with Crippen LogP contribution in [0, 0.1) is 0 Å². The monoisotopic (exact) mass is 509 g/mol. The van der Waals surface area contributed by atoms with Gasteiger partial charge in [0.05, 0.1) is 19.8 Å². The van der Waals surface area contributed by atoms with E-state index in [4.69, 9.17) is 14.2 Å². The summed E-state index contributed by atoms with van der Waals surface area (Å²) >= 11 is 0. The van der Waals surface area contributed by atoms with Gasteiger partial charge in [0.25, 0.3) is 0 Å². The van der Waals surface area contributed by atoms with E-state index < -0.39 is 18.1 Å². The molecule has 10 heteroatoms. The van der Waals surface area contributed by atoms with E-state index in [0.29, 0.717) is 11.7 Å². The average molecular weight is 510 g/mol. The molecule has 1 aliphatic heterocycles. The largest absolute Gasteiger partial charge is 0.494 e. The first-order chi connectivity index (χ1) is 18.0. The number of carbonyl (C=O) groups is 2. The Balaban J connectivity index is 1.41. The van der Waals surface area contributed by atoms with Gasteiger partial charge in [0.2, 0.25) is 5.96 Å². The van der Waals surface area contributed by atoms with Gasteiger partial charge < -0.3 is 24.8 Å². The van der Waals surface area contributed by atoms with Gasteiger partial charge >= 0.3 is 12.1 Å². The van der Waals surface area contributed by atoms with Crippen LogP contribution in [0.2, 0.25) is 0 Å². The Labute approximate surface area is 217 Å². The molecule has 1 amide bonds. The molecule has 3 rings (SSSR count). The molecule has 37 heavy (non-hydrogen) atoms. The lowest BCUT2D eigenvalue weighted by atomic mass is 10.1. The van der Waals surface area contributed by atoms with Crippen LogP contribution in [0.1, 0.15) is 37.8 Å². The number of hydrazone groups is 1. The summed E-state index contributed by atoms with van der Waals surface area (Å²) in [6.07, 6.45) is 1.21. The maximum atomic E-state index is 12.3. The molecule has 1 atom stereocenters. The van der Waals surface area contributed by atoms with Crippen molar-refractivity contribution in [3.8, 4) is 5.75 Å². The molecule has 10 nitrogen and oxygen atoms in total. The highest BCUT2D eigenvalue weighted by molar-refractivity contribution is 5.86. The Morgan fingerprint density at radius 1 is 1.08 bits per heavy atom. The maximum absolute atomic E-state index is 12.3. The summed E-state index contributed by atoms with van der Waals surface area (Å²) < 4.78 is 16.1. The molecule has 2 aromatic rings. The van der Waals surface area contributed by atoms with Gasteiger partial charge in [-0.1, -0.05) is 42.5 Å². The number of nitrogens with one attached hydrogen (secondary N) is 3. The third-order valence-corrected chi connectivity index (χ3v) is 5.48. The second-order valence-electron chi connectivity index (χ2n) is 8.41. The van der Waals surface area contributed by atoms with Crippen molar-refractivity contribution < 1.29 is 23.8 Å². The lowest BCUT2D eigenvalue weighted by Crippen LogP contribution is -2.43. The van der Waals surface area contributed by atoms with Gasteiger partial charge in [0, 0.05) is 18.7 Å². The molecule has 0 aromatic heterocycles. The van der Waals surface area contributed by atoms with Gasteiger partial charge in [-0.25, -0.2) is 20.0 Å². The molecule has 1 unspecified atom stereocenters. The van der Waals surface area contributed by atoms with Crippen molar-refractivity contribution in [2.24, 2.45) is 10.1 Å². The molecule has 0 bridgehead atoms. The van der Waals surface area contributed by atoms with E-state index in [9.17, 15) is 9.59 Å². The van der Waals surface area contributed by atoms with Crippen molar-refractivity contribution in [1.82, 2.24) is 16.1 Å². The Hall–Kier alpha value is -4.08. The Bertz CT molecular complexity index is 1060. The molecule has 3 N–H and O–H groups in total. The number of hydrogen-bond acceptors (Lipinski definition) is 9. The zero-order valence-electron chi connectivity index (χ0n) is 21.4. The molecular weight excluding hydrogens is 474 g/mol. The molecule has 1 heterocycles. The number of aliphatic imine (C=N–C) groups is 1. The summed E-state index contributed by atoms with van der Waals surface area (Å²) in [5.41, 5.74) is 5.94. The fraction of sp³-hybridized carbons (Fsp3) is 0.407. The molecular formula is C27H35N5O5. The summed E-state index contributed by atoms with van der Waals surface area (Å²) in [6.45, 7) is 5.85. The highest BCUT2D eigenvalue weighted by atomic mass is 16.6. The zero-order valence-corrected chi connectivity index (χ0v) is 21.4. The number of esters is 1. The Morgan fingerprint density at radius 3 is 2.57 bits per heavy atom. The number of aryl methyl sites for hydroxylation is 1. The van der Waals surface area contributed by atoms with Crippen molar-refractivity contribution in [2.75, 3.05) is 26.3 Å². The minimum Gasteiger partial charge on any atom is -0.494 e. The normalized spacial score (nSPS) is 13.7. The summed E-state index contributed by atoms with van der Waals surface area (Å²) in [5, 5.41) is 10.0. The van der Waals surface area contributed by atoms with Gasteiger partial charge in [0.1, 0.15) is 18.4 Å². The van der Waals surface area contributed by atoms with Crippen LogP contribution in [-0.4, -0.2) is 56.1 Å². The van der Waals surface area contributed by atoms with Gasteiger partial charge in [-0.05, 0) is 49.9 Å². The number of carbonyl (C=O) groups excluding carboxylic acids is 2. The highest BCUT2D eigenvalue weighted by Gasteiger charge is 2.23. The first-order valence-electron chi connectivity index (χ1n) is 12.5. The second kappa shape index (κ2) is 15.1. The first-order valence-corrected chi connectivity index (χ1v) is 12.5. The van der Waals surface area contributed by atoms with Crippen molar-refractivity contribution in [3.63, 3.8) is 0 Å². The quantitative estimate of drug-likeness (QED) is 0.215. The van der Waals surface area contributed by atoms with Crippen LogP contribution in [0.3, 0.4) is 0 Å². The predicted molar refractivity (Wildman–Crippen MR) is 142 cm³/mol. The van der Waals surface area contributed by atoms with Crippen LogP contribution in [0.15, 0.2) is 64.7 Å². The summed E-state index contributed by atoms with van der Waals surface area (Å²) in [4.78, 5) is 28.8. The molecule has 198 valence electrons. The van der Waals surface area contributed by atoms with E-state index in [2.05, 4.69) is 26.2 Å². The van der Waals surface area contributed by atoms with E-state index in [1.54, 1.807) is 6.92 Å². The topological polar surface area (TPSA) is 123 Å². The minimum absolute atomic E-state index is 0.111. The lowest BCUT2D eigenvalue weighted by Gasteiger charge is -2.17. The molecule has 1 aliphatic rings. The van der Waals surface area contributed by atoms with E-state index in [-0.39, 0.29) is 26.2 Å². The molecule has 0 radical (unpaired) electrons. The van der Waals surface area contributed by atoms with Crippen LogP contribution in [0.25, 0.3) is 0 Å². The molecule has 0 saturated carbocycles. The van der Waals surface area contributed by atoms with E-state index in [1.165, 1.54) is 0 Å². The average Bonchev–Trinajstić information content (AvgIpc) is 3.44. The van der Waals surface area contributed by atoms with E-state index >= 15 is 0 Å². The fourth-order valence-corrected chi connectivity index (χ4v) is 3.45. The van der Waals surface area contributed by atoms with E-state index in [1.807, 2.05) is 61.5 Å². The second-order valence-corrected chi connectivity index (χ2v) is 8.41. The molecule has 0 saturated heterocycles. The number of benzene rings is 2. The highest BCUT2D eigenvalue weighted by Crippen LogP contribution is 2.14. The number of ether oxygens (including phenoxy) is 3. The Kier molecular flexibility index (Phi) is 11.2. The van der Waals surface area contributed by atoms with Crippen molar-refractivity contribution in [2.45, 2.75) is 45.8 Å². The van der Waals surface area contributed by atoms with E-state index in [0.717, 1.165) is 42.8 Å². The van der Waals surface area contributed by atoms with Crippen molar-refractivity contribution >= 4 is 23.7 Å². The third kappa shape index (κ3) is 10.2. The van der Waals surface area contributed by atoms with Gasteiger partial charge in [0.15, 0.2) is 0 Å². The molecule has 0 fully saturated rings. The first kappa shape index (κ1) is 27.5. The number of amides is 1. The third-order valence-electron chi connectivity index (χ3n) is 5.48. The Morgan fingerprint density at radius 2 is 1.86 bits per heavy atom. The number of guanidine groups is 1. The SMILES string of the molecule is CCOC(=O)C(CCOc1ccc(CC/C(C)=N\NC2=NCCN2)cc1)NC(=O)OCc1ccccc1. The smallest absolute Gasteiger partial charge is 0.408 e. The zero-order chi connectivity index (χ0) is 26.3. The number of rotatable bonds is 13. The summed E-state index contributed by atoms with van der Waals surface area (Å²) in [5.74, 6) is 0.862. The van der Waals surface area contributed by atoms with Crippen LogP contribution in [0.4, 0.5) is 4.79 Å². The fourth-order valence-electron chi connectivity index (χ4n) is 3.45. The number of nitrogens with zero attached hydrogens (tertiary/aromatic N) is 2. The molecule has 0 spiro atoms. The minimum atomic E-state index is -0.872. The van der Waals surface area contributed by atoms with Crippen LogP contribution >= 0.6 is 0 Å². The van der Waals surface area contributed by atoms with Crippen LogP contribution in [0.5, 0.6) is 5.75 Å². The summed E-state index contributed by atoms with van der Waals surface area (Å²) in [6, 6.07) is 16.2. The lowest BCUT2D eigenvalue weighted by molar-refractivity contribution is -0.145.